The van der Waals surface area contributed by atoms with Gasteiger partial charge in [-0.15, -0.1) is 0 Å². The van der Waals surface area contributed by atoms with Gasteiger partial charge in [0.2, 0.25) is 11.4 Å². The molecule has 2 aromatic rings. The molecule has 0 saturated carbocycles. The summed E-state index contributed by atoms with van der Waals surface area (Å²) in [6.07, 6.45) is 2.79. The van der Waals surface area contributed by atoms with Gasteiger partial charge >= 0.3 is 0 Å². The van der Waals surface area contributed by atoms with Crippen molar-refractivity contribution in [2.45, 2.75) is 30.8 Å². The van der Waals surface area contributed by atoms with Crippen molar-refractivity contribution in [3.8, 4) is 5.75 Å². The molecule has 4 atom stereocenters. The smallest absolute Gasteiger partial charge is 0.291 e. The number of hydrogen-bond donors (Lipinski definition) is 3. The largest absolute Gasteiger partial charge is 0.497 e. The van der Waals surface area contributed by atoms with Crippen molar-refractivity contribution in [2.24, 2.45) is 5.92 Å². The Hall–Kier alpha value is -2.57. The number of fused-ring (bicyclic) bond motifs is 4. The number of carbonyl (C=O) groups is 2. The van der Waals surface area contributed by atoms with E-state index in [1.54, 1.807) is 25.3 Å². The average molecular weight is 413 g/mol. The Balaban J connectivity index is 1.55. The number of carbonyl (C=O) groups excluding carboxylic acids is 2. The minimum absolute atomic E-state index is 0.116. The Bertz CT molecular complexity index is 993. The fourth-order valence-electron chi connectivity index (χ4n) is 5.57. The number of amides is 2. The first-order valence-electron chi connectivity index (χ1n) is 9.97. The molecule has 2 aromatic carbocycles. The standard InChI is InChI=1S/C22H22ClN3O3/c1-29-15-9-7-13(8-10-15)24-20(27)17-12-14-4-3-11-26(14)22(17)16-5-2-6-18(23)19(16)25-21(22)28/h2,5-10,14,17H,3-4,11-12H2,1H3,(H,24,27)(H,25,28)/p+1/t14-,17+,22-/m0/s1. The summed E-state index contributed by atoms with van der Waals surface area (Å²) in [5.74, 6) is 0.0312. The van der Waals surface area contributed by atoms with E-state index in [2.05, 4.69) is 10.6 Å². The van der Waals surface area contributed by atoms with E-state index in [-0.39, 0.29) is 11.8 Å². The van der Waals surface area contributed by atoms with Crippen molar-refractivity contribution < 1.29 is 19.2 Å². The summed E-state index contributed by atoms with van der Waals surface area (Å²) in [5.41, 5.74) is 1.28. The molecule has 0 aromatic heterocycles. The SMILES string of the molecule is COc1ccc(NC(=O)[C@H]2C[C@@H]3CCC[NH+]3[C@]23C(=O)Nc2c(Cl)cccc23)cc1. The zero-order valence-corrected chi connectivity index (χ0v) is 16.9. The van der Waals surface area contributed by atoms with Gasteiger partial charge in [0.05, 0.1) is 30.4 Å². The van der Waals surface area contributed by atoms with Crippen molar-refractivity contribution in [2.75, 3.05) is 24.3 Å². The molecule has 2 fully saturated rings. The van der Waals surface area contributed by atoms with Crippen LogP contribution in [0.4, 0.5) is 11.4 Å². The third-order valence-corrected chi connectivity index (χ3v) is 7.07. The number of methoxy groups -OCH3 is 1. The van der Waals surface area contributed by atoms with Crippen LogP contribution < -0.4 is 20.3 Å². The monoisotopic (exact) mass is 412 g/mol. The highest BCUT2D eigenvalue weighted by atomic mass is 35.5. The van der Waals surface area contributed by atoms with Gasteiger partial charge in [-0.1, -0.05) is 17.7 Å². The topological polar surface area (TPSA) is 71.9 Å². The summed E-state index contributed by atoms with van der Waals surface area (Å²) in [7, 11) is 1.60. The van der Waals surface area contributed by atoms with E-state index in [9.17, 15) is 9.59 Å². The molecule has 1 unspecified atom stereocenters. The number of anilines is 2. The number of ether oxygens (including phenoxy) is 1. The molecule has 1 spiro atoms. The van der Waals surface area contributed by atoms with E-state index in [1.807, 2.05) is 24.3 Å². The Kier molecular flexibility index (Phi) is 4.29. The summed E-state index contributed by atoms with van der Waals surface area (Å²) in [6, 6.07) is 13.1. The number of para-hydroxylation sites is 1. The number of nitrogens with one attached hydrogen (secondary N) is 3. The highest BCUT2D eigenvalue weighted by molar-refractivity contribution is 6.34. The highest BCUT2D eigenvalue weighted by Gasteiger charge is 2.69. The molecule has 2 saturated heterocycles. The normalized spacial score (nSPS) is 29.4. The second-order valence-corrected chi connectivity index (χ2v) is 8.45. The van der Waals surface area contributed by atoms with Crippen molar-refractivity contribution in [1.82, 2.24) is 0 Å². The lowest BCUT2D eigenvalue weighted by Crippen LogP contribution is -3.19. The van der Waals surface area contributed by atoms with Gasteiger partial charge in [-0.25, -0.2) is 0 Å². The zero-order valence-electron chi connectivity index (χ0n) is 16.1. The van der Waals surface area contributed by atoms with E-state index in [0.717, 1.165) is 30.7 Å². The summed E-state index contributed by atoms with van der Waals surface area (Å²) in [5, 5.41) is 6.53. The molecule has 3 heterocycles. The summed E-state index contributed by atoms with van der Waals surface area (Å²) in [6.45, 7) is 0.885. The lowest BCUT2D eigenvalue weighted by atomic mass is 9.78. The molecule has 6 nitrogen and oxygen atoms in total. The van der Waals surface area contributed by atoms with Crippen LogP contribution in [-0.4, -0.2) is 31.5 Å². The molecule has 150 valence electrons. The maximum atomic E-state index is 13.4. The molecule has 0 aliphatic carbocycles. The molecule has 2 amide bonds. The van der Waals surface area contributed by atoms with Gasteiger partial charge in [-0.2, -0.15) is 0 Å². The van der Waals surface area contributed by atoms with Crippen LogP contribution in [0.1, 0.15) is 24.8 Å². The second kappa shape index (κ2) is 6.75. The second-order valence-electron chi connectivity index (χ2n) is 8.04. The van der Waals surface area contributed by atoms with Crippen LogP contribution in [0.15, 0.2) is 42.5 Å². The minimum atomic E-state index is -0.919. The van der Waals surface area contributed by atoms with Crippen LogP contribution in [0.3, 0.4) is 0 Å². The van der Waals surface area contributed by atoms with Gasteiger partial charge < -0.3 is 20.3 Å². The summed E-state index contributed by atoms with van der Waals surface area (Å²) in [4.78, 5) is 28.0. The predicted octanol–water partition coefficient (Wildman–Crippen LogP) is 2.20. The third kappa shape index (κ3) is 2.59. The average Bonchev–Trinajstić information content (AvgIpc) is 3.38. The first-order valence-corrected chi connectivity index (χ1v) is 10.3. The quantitative estimate of drug-likeness (QED) is 0.723. The molecule has 3 aliphatic heterocycles. The minimum Gasteiger partial charge on any atom is -0.497 e. The van der Waals surface area contributed by atoms with Crippen LogP contribution in [0.25, 0.3) is 0 Å². The Morgan fingerprint density at radius 1 is 1.28 bits per heavy atom. The van der Waals surface area contributed by atoms with Crippen LogP contribution in [-0.2, 0) is 15.1 Å². The van der Waals surface area contributed by atoms with Gasteiger partial charge in [-0.3, -0.25) is 9.59 Å². The Morgan fingerprint density at radius 2 is 2.07 bits per heavy atom. The molecule has 0 bridgehead atoms. The van der Waals surface area contributed by atoms with Crippen molar-refractivity contribution in [1.29, 1.82) is 0 Å². The van der Waals surface area contributed by atoms with Gasteiger partial charge in [0.1, 0.15) is 11.7 Å². The van der Waals surface area contributed by atoms with Crippen molar-refractivity contribution >= 4 is 34.8 Å². The van der Waals surface area contributed by atoms with Crippen LogP contribution in [0.2, 0.25) is 5.02 Å². The van der Waals surface area contributed by atoms with E-state index in [1.165, 1.54) is 4.90 Å². The van der Waals surface area contributed by atoms with E-state index < -0.39 is 11.5 Å². The molecule has 29 heavy (non-hydrogen) atoms. The number of hydrogen-bond acceptors (Lipinski definition) is 3. The maximum absolute atomic E-state index is 13.4. The van der Waals surface area contributed by atoms with Gasteiger partial charge in [0.25, 0.3) is 5.91 Å². The van der Waals surface area contributed by atoms with Gasteiger partial charge in [0.15, 0.2) is 0 Å². The fourth-order valence-corrected chi connectivity index (χ4v) is 5.79. The summed E-state index contributed by atoms with van der Waals surface area (Å²) >= 11 is 6.39. The molecule has 5 rings (SSSR count). The Morgan fingerprint density at radius 3 is 2.83 bits per heavy atom. The Labute approximate surface area is 174 Å². The first-order chi connectivity index (χ1) is 14.1. The number of benzene rings is 2. The van der Waals surface area contributed by atoms with E-state index in [0.29, 0.717) is 28.9 Å². The molecular formula is C22H23ClN3O3+. The van der Waals surface area contributed by atoms with Gasteiger partial charge in [-0.05, 0) is 36.4 Å². The third-order valence-electron chi connectivity index (χ3n) is 6.75. The molecular weight excluding hydrogens is 390 g/mol. The fraction of sp³-hybridized carbons (Fsp3) is 0.364. The van der Waals surface area contributed by atoms with Crippen molar-refractivity contribution in [3.63, 3.8) is 0 Å². The van der Waals surface area contributed by atoms with E-state index in [4.69, 9.17) is 16.3 Å². The first kappa shape index (κ1) is 18.5. The maximum Gasteiger partial charge on any atom is 0.291 e. The zero-order chi connectivity index (χ0) is 20.2. The molecule has 3 N–H and O–H groups in total. The molecule has 3 aliphatic rings. The molecule has 7 heteroatoms. The molecule has 0 radical (unpaired) electrons. The predicted molar refractivity (Wildman–Crippen MR) is 110 cm³/mol. The van der Waals surface area contributed by atoms with Crippen LogP contribution >= 0.6 is 11.6 Å². The van der Waals surface area contributed by atoms with Crippen molar-refractivity contribution in [3.05, 3.63) is 53.1 Å². The number of rotatable bonds is 3. The lowest BCUT2D eigenvalue weighted by Gasteiger charge is -2.33. The van der Waals surface area contributed by atoms with Gasteiger partial charge in [0, 0.05) is 30.5 Å². The number of halogens is 1. The van der Waals surface area contributed by atoms with Crippen LogP contribution in [0.5, 0.6) is 5.75 Å². The van der Waals surface area contributed by atoms with Crippen LogP contribution in [0, 0.1) is 5.92 Å². The van der Waals surface area contributed by atoms with E-state index >= 15 is 0 Å². The lowest BCUT2D eigenvalue weighted by molar-refractivity contribution is -0.947. The highest BCUT2D eigenvalue weighted by Crippen LogP contribution is 2.47. The summed E-state index contributed by atoms with van der Waals surface area (Å²) < 4.78 is 5.18. The number of quaternary nitrogens is 1.